The van der Waals surface area contributed by atoms with Crippen molar-refractivity contribution in [3.8, 4) is 17.2 Å². The smallest absolute Gasteiger partial charge is 0.165 e. The van der Waals surface area contributed by atoms with Crippen LogP contribution in [0.1, 0.15) is 16.7 Å². The van der Waals surface area contributed by atoms with Gasteiger partial charge in [-0.15, -0.1) is 0 Å². The first-order chi connectivity index (χ1) is 12.5. The Bertz CT molecular complexity index is 697. The van der Waals surface area contributed by atoms with Gasteiger partial charge in [0.1, 0.15) is 18.5 Å². The molecule has 0 aliphatic heterocycles. The van der Waals surface area contributed by atoms with Gasteiger partial charge in [0.15, 0.2) is 11.5 Å². The number of benzene rings is 2. The van der Waals surface area contributed by atoms with Crippen LogP contribution in [0.25, 0.3) is 0 Å². The number of nitrogens with zero attached hydrogens (tertiary/aromatic N) is 1. The molecule has 0 saturated heterocycles. The van der Waals surface area contributed by atoms with Crippen LogP contribution in [0.3, 0.4) is 0 Å². The van der Waals surface area contributed by atoms with Gasteiger partial charge >= 0.3 is 0 Å². The molecule has 0 heterocycles. The Balaban J connectivity index is 1.92. The van der Waals surface area contributed by atoms with E-state index in [1.807, 2.05) is 62.2 Å². The van der Waals surface area contributed by atoms with E-state index in [-0.39, 0.29) is 6.61 Å². The first kappa shape index (κ1) is 20.1. The van der Waals surface area contributed by atoms with Gasteiger partial charge in [-0.1, -0.05) is 30.3 Å². The standard InChI is InChI=1S/C21H29NO4/c1-15-8-6-9-16(2)20(15)26-14-18(23)13-22(3)12-17-10-7-11-19(24-4)21(17)25-5/h6-11,18,23H,12-14H2,1-5H3. The fraction of sp³-hybridized carbons (Fsp3) is 0.429. The average molecular weight is 359 g/mol. The van der Waals surface area contributed by atoms with Crippen LogP contribution in [-0.4, -0.2) is 50.5 Å². The lowest BCUT2D eigenvalue weighted by Gasteiger charge is -2.23. The summed E-state index contributed by atoms with van der Waals surface area (Å²) in [6.45, 7) is 5.41. The molecule has 2 aromatic rings. The van der Waals surface area contributed by atoms with Gasteiger partial charge in [-0.25, -0.2) is 0 Å². The van der Waals surface area contributed by atoms with E-state index in [0.717, 1.165) is 28.2 Å². The topological polar surface area (TPSA) is 51.2 Å². The zero-order chi connectivity index (χ0) is 19.1. The summed E-state index contributed by atoms with van der Waals surface area (Å²) in [5.41, 5.74) is 3.16. The van der Waals surface area contributed by atoms with Gasteiger partial charge in [0.25, 0.3) is 0 Å². The van der Waals surface area contributed by atoms with Crippen molar-refractivity contribution in [1.29, 1.82) is 0 Å². The molecule has 142 valence electrons. The number of aryl methyl sites for hydroxylation is 2. The third-order valence-electron chi connectivity index (χ3n) is 4.28. The molecule has 0 fully saturated rings. The lowest BCUT2D eigenvalue weighted by atomic mass is 10.1. The Morgan fingerprint density at radius 2 is 1.62 bits per heavy atom. The number of aliphatic hydroxyl groups is 1. The van der Waals surface area contributed by atoms with Crippen molar-refractivity contribution in [2.45, 2.75) is 26.5 Å². The minimum Gasteiger partial charge on any atom is -0.493 e. The summed E-state index contributed by atoms with van der Waals surface area (Å²) in [5.74, 6) is 2.28. The third-order valence-corrected chi connectivity index (χ3v) is 4.28. The quantitative estimate of drug-likeness (QED) is 0.745. The maximum absolute atomic E-state index is 10.3. The molecule has 2 rings (SSSR count). The van der Waals surface area contributed by atoms with Crippen molar-refractivity contribution < 1.29 is 19.3 Å². The van der Waals surface area contributed by atoms with Crippen LogP contribution >= 0.6 is 0 Å². The minimum atomic E-state index is -0.587. The second kappa shape index (κ2) is 9.46. The first-order valence-corrected chi connectivity index (χ1v) is 8.71. The first-order valence-electron chi connectivity index (χ1n) is 8.71. The predicted octanol–water partition coefficient (Wildman–Crippen LogP) is 3.19. The monoisotopic (exact) mass is 359 g/mol. The van der Waals surface area contributed by atoms with Crippen LogP contribution < -0.4 is 14.2 Å². The Kier molecular flexibility index (Phi) is 7.30. The van der Waals surface area contributed by atoms with Crippen molar-refractivity contribution in [2.24, 2.45) is 0 Å². The molecular weight excluding hydrogens is 330 g/mol. The number of likely N-dealkylation sites (N-methyl/N-ethyl adjacent to an activating group) is 1. The molecule has 2 aromatic carbocycles. The summed E-state index contributed by atoms with van der Waals surface area (Å²) in [4.78, 5) is 2.04. The minimum absolute atomic E-state index is 0.255. The normalized spacial score (nSPS) is 12.1. The van der Waals surface area contributed by atoms with Gasteiger partial charge in [-0.05, 0) is 38.1 Å². The molecule has 1 atom stereocenters. The van der Waals surface area contributed by atoms with E-state index >= 15 is 0 Å². The maximum Gasteiger partial charge on any atom is 0.165 e. The number of aliphatic hydroxyl groups excluding tert-OH is 1. The van der Waals surface area contributed by atoms with E-state index in [2.05, 4.69) is 0 Å². The number of ether oxygens (including phenoxy) is 3. The van der Waals surface area contributed by atoms with E-state index in [1.54, 1.807) is 14.2 Å². The lowest BCUT2D eigenvalue weighted by Crippen LogP contribution is -2.33. The van der Waals surface area contributed by atoms with Gasteiger partial charge in [0, 0.05) is 18.7 Å². The van der Waals surface area contributed by atoms with Gasteiger partial charge in [0.2, 0.25) is 0 Å². The maximum atomic E-state index is 10.3. The average Bonchev–Trinajstić information content (AvgIpc) is 2.60. The second-order valence-corrected chi connectivity index (χ2v) is 6.54. The molecule has 26 heavy (non-hydrogen) atoms. The molecule has 5 nitrogen and oxygen atoms in total. The number of para-hydroxylation sites is 2. The highest BCUT2D eigenvalue weighted by molar-refractivity contribution is 5.46. The second-order valence-electron chi connectivity index (χ2n) is 6.54. The van der Waals surface area contributed by atoms with Crippen LogP contribution in [0.4, 0.5) is 0 Å². The SMILES string of the molecule is COc1cccc(CN(C)CC(O)COc2c(C)cccc2C)c1OC. The van der Waals surface area contributed by atoms with Crippen molar-refractivity contribution in [2.75, 3.05) is 34.4 Å². The summed E-state index contributed by atoms with van der Waals surface area (Å²) < 4.78 is 16.6. The summed E-state index contributed by atoms with van der Waals surface area (Å²) in [6.07, 6.45) is -0.587. The van der Waals surface area contributed by atoms with Crippen LogP contribution in [0.5, 0.6) is 17.2 Å². The summed E-state index contributed by atoms with van der Waals surface area (Å²) >= 11 is 0. The number of hydrogen-bond donors (Lipinski definition) is 1. The number of hydrogen-bond acceptors (Lipinski definition) is 5. The Morgan fingerprint density at radius 3 is 2.23 bits per heavy atom. The van der Waals surface area contributed by atoms with Crippen LogP contribution in [-0.2, 0) is 6.54 Å². The van der Waals surface area contributed by atoms with Crippen molar-refractivity contribution in [1.82, 2.24) is 4.90 Å². The highest BCUT2D eigenvalue weighted by Gasteiger charge is 2.15. The molecule has 0 saturated carbocycles. The molecular formula is C21H29NO4. The highest BCUT2D eigenvalue weighted by atomic mass is 16.5. The zero-order valence-electron chi connectivity index (χ0n) is 16.3. The lowest BCUT2D eigenvalue weighted by molar-refractivity contribution is 0.0736. The van der Waals surface area contributed by atoms with Crippen LogP contribution in [0, 0.1) is 13.8 Å². The van der Waals surface area contributed by atoms with Crippen molar-refractivity contribution in [3.05, 3.63) is 53.1 Å². The molecule has 1 N–H and O–H groups in total. The Morgan fingerprint density at radius 1 is 0.962 bits per heavy atom. The molecule has 5 heteroatoms. The van der Waals surface area contributed by atoms with E-state index in [4.69, 9.17) is 14.2 Å². The molecule has 0 bridgehead atoms. The molecule has 1 unspecified atom stereocenters. The summed E-state index contributed by atoms with van der Waals surface area (Å²) in [5, 5.41) is 10.3. The van der Waals surface area contributed by atoms with Gasteiger partial charge in [-0.2, -0.15) is 0 Å². The number of methoxy groups -OCH3 is 2. The van der Waals surface area contributed by atoms with Gasteiger partial charge < -0.3 is 19.3 Å². The molecule has 0 aliphatic rings. The predicted molar refractivity (Wildman–Crippen MR) is 103 cm³/mol. The fourth-order valence-corrected chi connectivity index (χ4v) is 3.05. The fourth-order valence-electron chi connectivity index (χ4n) is 3.05. The van der Waals surface area contributed by atoms with E-state index in [1.165, 1.54) is 0 Å². The molecule has 0 radical (unpaired) electrons. The largest absolute Gasteiger partial charge is 0.493 e. The molecule has 0 amide bonds. The molecule has 0 aliphatic carbocycles. The Hall–Kier alpha value is -2.24. The van der Waals surface area contributed by atoms with E-state index in [9.17, 15) is 5.11 Å². The third kappa shape index (κ3) is 5.13. The van der Waals surface area contributed by atoms with E-state index in [0.29, 0.717) is 18.8 Å². The Labute approximate surface area is 156 Å². The molecule has 0 spiro atoms. The molecule has 0 aromatic heterocycles. The van der Waals surface area contributed by atoms with Crippen molar-refractivity contribution >= 4 is 0 Å². The van der Waals surface area contributed by atoms with Crippen molar-refractivity contribution in [3.63, 3.8) is 0 Å². The van der Waals surface area contributed by atoms with Gasteiger partial charge in [-0.3, -0.25) is 4.90 Å². The summed E-state index contributed by atoms with van der Waals surface area (Å²) in [7, 11) is 5.22. The van der Waals surface area contributed by atoms with Crippen LogP contribution in [0.15, 0.2) is 36.4 Å². The highest BCUT2D eigenvalue weighted by Crippen LogP contribution is 2.31. The van der Waals surface area contributed by atoms with E-state index < -0.39 is 6.10 Å². The van der Waals surface area contributed by atoms with Crippen LogP contribution in [0.2, 0.25) is 0 Å². The zero-order valence-corrected chi connectivity index (χ0v) is 16.3. The van der Waals surface area contributed by atoms with Gasteiger partial charge in [0.05, 0.1) is 14.2 Å². The summed E-state index contributed by atoms with van der Waals surface area (Å²) in [6, 6.07) is 11.8. The number of rotatable bonds is 9.